The van der Waals surface area contributed by atoms with Crippen LogP contribution in [0.1, 0.15) is 0 Å². The van der Waals surface area contributed by atoms with Gasteiger partial charge in [-0.05, 0) is 35.0 Å². The predicted octanol–water partition coefficient (Wildman–Crippen LogP) is 4.41. The lowest BCUT2D eigenvalue weighted by atomic mass is 10.1. The summed E-state index contributed by atoms with van der Waals surface area (Å²) in [5.74, 6) is 0.438. The van der Waals surface area contributed by atoms with Gasteiger partial charge in [-0.2, -0.15) is 0 Å². The molecule has 1 heterocycles. The second-order valence-corrected chi connectivity index (χ2v) is 5.35. The minimum atomic E-state index is 0.438. The minimum absolute atomic E-state index is 0.438. The second kappa shape index (κ2) is 4.50. The van der Waals surface area contributed by atoms with Gasteiger partial charge in [0.1, 0.15) is 0 Å². The van der Waals surface area contributed by atoms with Gasteiger partial charge in [-0.1, -0.05) is 48.0 Å². The largest absolute Gasteiger partial charge is 0.369 e. The number of para-hydroxylation sites is 1. The molecule has 0 saturated carbocycles. The third kappa shape index (κ3) is 1.86. The van der Waals surface area contributed by atoms with E-state index in [9.17, 15) is 0 Å². The Balaban J connectivity index is 2.06. The highest BCUT2D eigenvalue weighted by Gasteiger charge is 2.12. The van der Waals surface area contributed by atoms with E-state index in [-0.39, 0.29) is 0 Å². The number of fused-ring (bicyclic) bond motifs is 2. The molecule has 0 atom stereocenters. The number of imidazole rings is 1. The van der Waals surface area contributed by atoms with E-state index in [4.69, 9.17) is 17.3 Å². The highest BCUT2D eigenvalue weighted by Crippen LogP contribution is 2.30. The number of benzene rings is 3. The van der Waals surface area contributed by atoms with E-state index in [0.717, 1.165) is 22.1 Å². The zero-order valence-corrected chi connectivity index (χ0v) is 11.9. The van der Waals surface area contributed by atoms with E-state index in [2.05, 4.69) is 29.2 Å². The highest BCUT2D eigenvalue weighted by atomic mass is 35.5. The number of aromatic nitrogens is 2. The first-order valence-corrected chi connectivity index (χ1v) is 7.03. The van der Waals surface area contributed by atoms with Crippen LogP contribution >= 0.6 is 11.6 Å². The summed E-state index contributed by atoms with van der Waals surface area (Å²) in [5.41, 5.74) is 8.69. The maximum Gasteiger partial charge on any atom is 0.205 e. The van der Waals surface area contributed by atoms with Crippen LogP contribution in [0, 0.1) is 0 Å². The van der Waals surface area contributed by atoms with Gasteiger partial charge in [0.05, 0.1) is 16.1 Å². The number of nitrogens with zero attached hydrogens (tertiary/aromatic N) is 2. The van der Waals surface area contributed by atoms with Crippen molar-refractivity contribution < 1.29 is 0 Å². The van der Waals surface area contributed by atoms with E-state index < -0.39 is 0 Å². The average molecular weight is 294 g/mol. The van der Waals surface area contributed by atoms with Gasteiger partial charge in [0.2, 0.25) is 5.95 Å². The first kappa shape index (κ1) is 12.2. The number of nitrogens with two attached hydrogens (primary N) is 1. The van der Waals surface area contributed by atoms with E-state index in [0.29, 0.717) is 11.0 Å². The molecular formula is C17H12ClN3. The summed E-state index contributed by atoms with van der Waals surface area (Å²) in [6, 6.07) is 20.1. The molecule has 0 spiro atoms. The van der Waals surface area contributed by atoms with Gasteiger partial charge < -0.3 is 5.73 Å². The van der Waals surface area contributed by atoms with Crippen LogP contribution in [0.25, 0.3) is 27.5 Å². The van der Waals surface area contributed by atoms with Crippen molar-refractivity contribution in [1.29, 1.82) is 0 Å². The fourth-order valence-corrected chi connectivity index (χ4v) is 2.93. The SMILES string of the molecule is Nc1nc2cccc(Cl)c2n1-c1ccc2ccccc2c1. The Kier molecular flexibility index (Phi) is 2.62. The Bertz CT molecular complexity index is 972. The van der Waals surface area contributed by atoms with Crippen molar-refractivity contribution in [3.8, 4) is 5.69 Å². The Morgan fingerprint density at radius 2 is 1.71 bits per heavy atom. The quantitative estimate of drug-likeness (QED) is 0.565. The lowest BCUT2D eigenvalue weighted by molar-refractivity contribution is 1.11. The molecule has 21 heavy (non-hydrogen) atoms. The number of hydrogen-bond acceptors (Lipinski definition) is 2. The van der Waals surface area contributed by atoms with Crippen LogP contribution in [-0.4, -0.2) is 9.55 Å². The zero-order chi connectivity index (χ0) is 14.4. The molecule has 0 bridgehead atoms. The van der Waals surface area contributed by atoms with Crippen molar-refractivity contribution in [2.45, 2.75) is 0 Å². The summed E-state index contributed by atoms with van der Waals surface area (Å²) in [6.45, 7) is 0. The monoisotopic (exact) mass is 293 g/mol. The fraction of sp³-hybridized carbons (Fsp3) is 0. The van der Waals surface area contributed by atoms with Gasteiger partial charge in [0.25, 0.3) is 0 Å². The van der Waals surface area contributed by atoms with Crippen LogP contribution in [0.3, 0.4) is 0 Å². The fourth-order valence-electron chi connectivity index (χ4n) is 2.68. The lowest BCUT2D eigenvalue weighted by Gasteiger charge is -2.09. The molecule has 0 saturated heterocycles. The topological polar surface area (TPSA) is 43.8 Å². The molecule has 0 aliphatic heterocycles. The summed E-state index contributed by atoms with van der Waals surface area (Å²) in [5, 5.41) is 2.99. The molecule has 102 valence electrons. The molecule has 4 heteroatoms. The van der Waals surface area contributed by atoms with Gasteiger partial charge in [0.15, 0.2) is 0 Å². The standard InChI is InChI=1S/C17H12ClN3/c18-14-6-3-7-15-16(14)21(17(19)20-15)13-9-8-11-4-1-2-5-12(11)10-13/h1-10H,(H2,19,20). The van der Waals surface area contributed by atoms with E-state index in [1.165, 1.54) is 5.39 Å². The normalized spacial score (nSPS) is 11.3. The van der Waals surface area contributed by atoms with E-state index >= 15 is 0 Å². The van der Waals surface area contributed by atoms with E-state index in [1.54, 1.807) is 0 Å². The van der Waals surface area contributed by atoms with Gasteiger partial charge in [-0.15, -0.1) is 0 Å². The van der Waals surface area contributed by atoms with Gasteiger partial charge in [0, 0.05) is 5.69 Å². The Morgan fingerprint density at radius 1 is 0.905 bits per heavy atom. The third-order valence-electron chi connectivity index (χ3n) is 3.64. The second-order valence-electron chi connectivity index (χ2n) is 4.94. The van der Waals surface area contributed by atoms with Gasteiger partial charge in [-0.25, -0.2) is 4.98 Å². The molecule has 0 aliphatic rings. The molecule has 0 unspecified atom stereocenters. The average Bonchev–Trinajstić information content (AvgIpc) is 2.84. The van der Waals surface area contributed by atoms with E-state index in [1.807, 2.05) is 41.0 Å². The molecule has 3 nitrogen and oxygen atoms in total. The van der Waals surface area contributed by atoms with Crippen LogP contribution in [0.4, 0.5) is 5.95 Å². The van der Waals surface area contributed by atoms with Crippen molar-refractivity contribution in [2.24, 2.45) is 0 Å². The number of anilines is 1. The molecule has 0 radical (unpaired) electrons. The molecule has 1 aromatic heterocycles. The number of hydrogen-bond donors (Lipinski definition) is 1. The van der Waals surface area contributed by atoms with Crippen molar-refractivity contribution >= 4 is 39.4 Å². The zero-order valence-electron chi connectivity index (χ0n) is 11.1. The first-order chi connectivity index (χ1) is 10.2. The number of nitrogen functional groups attached to an aromatic ring is 1. The Morgan fingerprint density at radius 3 is 2.57 bits per heavy atom. The highest BCUT2D eigenvalue weighted by molar-refractivity contribution is 6.35. The van der Waals surface area contributed by atoms with Crippen LogP contribution in [0.2, 0.25) is 5.02 Å². The lowest BCUT2D eigenvalue weighted by Crippen LogP contribution is -2.00. The molecule has 0 fully saturated rings. The number of halogens is 1. The molecule has 2 N–H and O–H groups in total. The van der Waals surface area contributed by atoms with Crippen molar-refractivity contribution in [1.82, 2.24) is 9.55 Å². The van der Waals surface area contributed by atoms with Gasteiger partial charge >= 0.3 is 0 Å². The molecule has 4 aromatic rings. The van der Waals surface area contributed by atoms with Crippen molar-refractivity contribution in [3.05, 3.63) is 65.7 Å². The third-order valence-corrected chi connectivity index (χ3v) is 3.95. The Labute approximate surface area is 126 Å². The predicted molar refractivity (Wildman–Crippen MR) is 88.0 cm³/mol. The first-order valence-electron chi connectivity index (χ1n) is 6.66. The van der Waals surface area contributed by atoms with Crippen molar-refractivity contribution in [3.63, 3.8) is 0 Å². The van der Waals surface area contributed by atoms with Crippen LogP contribution < -0.4 is 5.73 Å². The molecular weight excluding hydrogens is 282 g/mol. The van der Waals surface area contributed by atoms with Crippen molar-refractivity contribution in [2.75, 3.05) is 5.73 Å². The minimum Gasteiger partial charge on any atom is -0.369 e. The Hall–Kier alpha value is -2.52. The summed E-state index contributed by atoms with van der Waals surface area (Å²) in [6.07, 6.45) is 0. The summed E-state index contributed by atoms with van der Waals surface area (Å²) in [7, 11) is 0. The van der Waals surface area contributed by atoms with Gasteiger partial charge in [-0.3, -0.25) is 4.57 Å². The summed E-state index contributed by atoms with van der Waals surface area (Å²) >= 11 is 6.33. The van der Waals surface area contributed by atoms with Crippen LogP contribution in [0.15, 0.2) is 60.7 Å². The molecule has 0 amide bonds. The summed E-state index contributed by atoms with van der Waals surface area (Å²) < 4.78 is 1.89. The molecule has 3 aromatic carbocycles. The van der Waals surface area contributed by atoms with Crippen LogP contribution in [0.5, 0.6) is 0 Å². The maximum atomic E-state index is 6.33. The maximum absolute atomic E-state index is 6.33. The number of rotatable bonds is 1. The summed E-state index contributed by atoms with van der Waals surface area (Å²) in [4.78, 5) is 4.39. The smallest absolute Gasteiger partial charge is 0.205 e. The van der Waals surface area contributed by atoms with Crippen LogP contribution in [-0.2, 0) is 0 Å². The molecule has 4 rings (SSSR count). The molecule has 0 aliphatic carbocycles.